The Bertz CT molecular complexity index is 761. The molecule has 1 aliphatic rings. The number of hydrogen-bond acceptors (Lipinski definition) is 4. The van der Waals surface area contributed by atoms with Crippen LogP contribution >= 0.6 is 15.9 Å². The quantitative estimate of drug-likeness (QED) is 0.869. The van der Waals surface area contributed by atoms with E-state index in [1.165, 1.54) is 0 Å². The summed E-state index contributed by atoms with van der Waals surface area (Å²) >= 11 is 3.39. The summed E-state index contributed by atoms with van der Waals surface area (Å²) in [5.41, 5.74) is 0.199. The lowest BCUT2D eigenvalue weighted by Crippen LogP contribution is -2.55. The molecular weight excluding hydrogens is 354 g/mol. The van der Waals surface area contributed by atoms with Crippen LogP contribution in [0.4, 0.5) is 0 Å². The van der Waals surface area contributed by atoms with Crippen molar-refractivity contribution < 1.29 is 23.8 Å². The van der Waals surface area contributed by atoms with E-state index in [1.54, 1.807) is 6.07 Å². The summed E-state index contributed by atoms with van der Waals surface area (Å²) in [4.78, 5) is 23.8. The van der Waals surface area contributed by atoms with Crippen molar-refractivity contribution in [3.63, 3.8) is 0 Å². The molecule has 3 rings (SSSR count). The van der Waals surface area contributed by atoms with Gasteiger partial charge in [0.2, 0.25) is 0 Å². The fourth-order valence-electron chi connectivity index (χ4n) is 2.53. The van der Waals surface area contributed by atoms with E-state index in [1.807, 2.05) is 19.1 Å². The minimum absolute atomic E-state index is 0.0445. The zero-order valence-electron chi connectivity index (χ0n) is 11.8. The van der Waals surface area contributed by atoms with Crippen LogP contribution in [0.1, 0.15) is 22.5 Å². The van der Waals surface area contributed by atoms with Crippen LogP contribution in [0.2, 0.25) is 0 Å². The van der Waals surface area contributed by atoms with Crippen molar-refractivity contribution in [3.8, 4) is 0 Å². The molecule has 1 atom stereocenters. The van der Waals surface area contributed by atoms with Crippen LogP contribution < -0.4 is 5.32 Å². The van der Waals surface area contributed by atoms with Crippen molar-refractivity contribution in [2.45, 2.75) is 18.9 Å². The van der Waals surface area contributed by atoms with Crippen LogP contribution in [0.15, 0.2) is 27.1 Å². The average molecular weight is 368 g/mol. The van der Waals surface area contributed by atoms with Crippen molar-refractivity contribution in [1.29, 1.82) is 0 Å². The minimum Gasteiger partial charge on any atom is -0.479 e. The Morgan fingerprint density at radius 2 is 2.14 bits per heavy atom. The molecule has 1 amide bonds. The molecule has 1 fully saturated rings. The summed E-state index contributed by atoms with van der Waals surface area (Å²) in [5.74, 6) is -1.59. The van der Waals surface area contributed by atoms with Crippen LogP contribution in [-0.4, -0.2) is 35.7 Å². The molecule has 0 radical (unpaired) electrons. The summed E-state index contributed by atoms with van der Waals surface area (Å²) in [7, 11) is 0. The van der Waals surface area contributed by atoms with Gasteiger partial charge in [0.05, 0.1) is 11.1 Å². The number of nitrogens with one attached hydrogen (secondary N) is 1. The Labute approximate surface area is 134 Å². The number of fused-ring (bicyclic) bond motifs is 1. The van der Waals surface area contributed by atoms with E-state index in [-0.39, 0.29) is 18.8 Å². The van der Waals surface area contributed by atoms with Gasteiger partial charge in [0.25, 0.3) is 5.91 Å². The number of aliphatic carboxylic acids is 1. The maximum Gasteiger partial charge on any atom is 0.331 e. The van der Waals surface area contributed by atoms with Gasteiger partial charge >= 0.3 is 5.97 Å². The molecule has 1 saturated heterocycles. The number of carbonyl (C=O) groups excluding carboxylic acids is 1. The summed E-state index contributed by atoms with van der Waals surface area (Å²) in [6.07, 6.45) is 0.233. The van der Waals surface area contributed by atoms with Crippen molar-refractivity contribution >= 4 is 38.8 Å². The number of amides is 1. The molecule has 1 aliphatic heterocycles. The molecule has 2 N–H and O–H groups in total. The lowest BCUT2D eigenvalue weighted by atomic mass is 9.99. The maximum atomic E-state index is 12.3. The molecule has 2 aromatic rings. The van der Waals surface area contributed by atoms with Gasteiger partial charge in [0.15, 0.2) is 11.3 Å². The highest BCUT2D eigenvalue weighted by molar-refractivity contribution is 9.10. The third-order valence-corrected chi connectivity index (χ3v) is 4.31. The molecule has 1 aromatic heterocycles. The van der Waals surface area contributed by atoms with E-state index in [4.69, 9.17) is 9.15 Å². The Kier molecular flexibility index (Phi) is 3.70. The Balaban J connectivity index is 1.92. The van der Waals surface area contributed by atoms with E-state index in [9.17, 15) is 14.7 Å². The summed E-state index contributed by atoms with van der Waals surface area (Å²) in [6, 6.07) is 5.39. The van der Waals surface area contributed by atoms with Crippen molar-refractivity contribution in [3.05, 3.63) is 34.0 Å². The van der Waals surface area contributed by atoms with Crippen LogP contribution in [0.5, 0.6) is 0 Å². The fourth-order valence-corrected chi connectivity index (χ4v) is 3.20. The number of benzene rings is 1. The number of hydrogen-bond donors (Lipinski definition) is 2. The lowest BCUT2D eigenvalue weighted by Gasteiger charge is -2.22. The van der Waals surface area contributed by atoms with E-state index < -0.39 is 17.4 Å². The van der Waals surface area contributed by atoms with E-state index in [2.05, 4.69) is 21.2 Å². The molecule has 0 spiro atoms. The second kappa shape index (κ2) is 5.40. The number of ether oxygens (including phenoxy) is 1. The first-order chi connectivity index (χ1) is 10.4. The van der Waals surface area contributed by atoms with Crippen LogP contribution in [-0.2, 0) is 9.53 Å². The van der Waals surface area contributed by atoms with Crippen LogP contribution in [0, 0.1) is 6.92 Å². The van der Waals surface area contributed by atoms with Gasteiger partial charge < -0.3 is 19.6 Å². The highest BCUT2D eigenvalue weighted by Gasteiger charge is 2.44. The molecule has 2 heterocycles. The zero-order chi connectivity index (χ0) is 15.9. The molecule has 1 aromatic carbocycles. The number of rotatable bonds is 3. The molecule has 1 unspecified atom stereocenters. The highest BCUT2D eigenvalue weighted by atomic mass is 79.9. The smallest absolute Gasteiger partial charge is 0.331 e. The number of furan rings is 1. The van der Waals surface area contributed by atoms with Gasteiger partial charge in [-0.2, -0.15) is 0 Å². The first kappa shape index (κ1) is 15.1. The summed E-state index contributed by atoms with van der Waals surface area (Å²) < 4.78 is 11.4. The molecule has 0 bridgehead atoms. The second-order valence-electron chi connectivity index (χ2n) is 5.42. The van der Waals surface area contributed by atoms with Gasteiger partial charge in [-0.3, -0.25) is 4.79 Å². The SMILES string of the molecule is Cc1cc(Br)c2oc(C(=O)NC3(C(=O)O)CCOC3)cc2c1. The predicted molar refractivity (Wildman–Crippen MR) is 81.9 cm³/mol. The monoisotopic (exact) mass is 367 g/mol. The molecular formula is C15H14BrNO5. The van der Waals surface area contributed by atoms with E-state index >= 15 is 0 Å². The van der Waals surface area contributed by atoms with Gasteiger partial charge in [-0.1, -0.05) is 0 Å². The summed E-state index contributed by atoms with van der Waals surface area (Å²) in [6.45, 7) is 2.20. The zero-order valence-corrected chi connectivity index (χ0v) is 13.4. The third kappa shape index (κ3) is 2.50. The third-order valence-electron chi connectivity index (χ3n) is 3.72. The van der Waals surface area contributed by atoms with Gasteiger partial charge in [0, 0.05) is 18.4 Å². The van der Waals surface area contributed by atoms with E-state index in [0.29, 0.717) is 12.2 Å². The average Bonchev–Trinajstić information content (AvgIpc) is 3.05. The normalized spacial score (nSPS) is 21.2. The number of carboxylic acids is 1. The Morgan fingerprint density at radius 1 is 1.36 bits per heavy atom. The largest absolute Gasteiger partial charge is 0.479 e. The second-order valence-corrected chi connectivity index (χ2v) is 6.27. The molecule has 116 valence electrons. The van der Waals surface area contributed by atoms with Crippen molar-refractivity contribution in [1.82, 2.24) is 5.32 Å². The Morgan fingerprint density at radius 3 is 2.77 bits per heavy atom. The molecule has 0 aliphatic carbocycles. The first-order valence-electron chi connectivity index (χ1n) is 6.75. The molecule has 22 heavy (non-hydrogen) atoms. The standard InChI is InChI=1S/C15H14BrNO5/c1-8-4-9-6-11(22-12(9)10(16)5-8)13(18)17-15(14(19)20)2-3-21-7-15/h4-6H,2-3,7H2,1H3,(H,17,18)(H,19,20). The fraction of sp³-hybridized carbons (Fsp3) is 0.333. The number of carbonyl (C=O) groups is 2. The van der Waals surface area contributed by atoms with Crippen LogP contribution in [0.25, 0.3) is 11.0 Å². The molecule has 7 heteroatoms. The van der Waals surface area contributed by atoms with Crippen molar-refractivity contribution in [2.75, 3.05) is 13.2 Å². The minimum atomic E-state index is -1.39. The molecule has 0 saturated carbocycles. The number of halogens is 1. The van der Waals surface area contributed by atoms with Crippen molar-refractivity contribution in [2.24, 2.45) is 0 Å². The van der Waals surface area contributed by atoms with Gasteiger partial charge in [-0.15, -0.1) is 0 Å². The Hall–Kier alpha value is -1.86. The predicted octanol–water partition coefficient (Wildman–Crippen LogP) is 2.48. The topological polar surface area (TPSA) is 88.8 Å². The number of aryl methyl sites for hydroxylation is 1. The summed E-state index contributed by atoms with van der Waals surface area (Å²) in [5, 5.41) is 12.7. The number of carboxylic acid groups (broad SMARTS) is 1. The van der Waals surface area contributed by atoms with E-state index in [0.717, 1.165) is 15.4 Å². The van der Waals surface area contributed by atoms with Gasteiger partial charge in [-0.25, -0.2) is 4.79 Å². The first-order valence-corrected chi connectivity index (χ1v) is 7.54. The lowest BCUT2D eigenvalue weighted by molar-refractivity contribution is -0.144. The van der Waals surface area contributed by atoms with Crippen LogP contribution in [0.3, 0.4) is 0 Å². The maximum absolute atomic E-state index is 12.3. The highest BCUT2D eigenvalue weighted by Crippen LogP contribution is 2.29. The van der Waals surface area contributed by atoms with Gasteiger partial charge in [0.1, 0.15) is 5.58 Å². The van der Waals surface area contributed by atoms with Gasteiger partial charge in [-0.05, 0) is 46.6 Å². The molecule has 6 nitrogen and oxygen atoms in total.